The molecular weight excluding hydrogens is 288 g/mol. The maximum absolute atomic E-state index is 5.49. The molecule has 4 nitrogen and oxygen atoms in total. The SMILES string of the molecule is CC1CCCC(N2CCN(Cc3ccc4c(c3)OCO4)CC2)C1. The molecule has 0 aromatic heterocycles. The largest absolute Gasteiger partial charge is 0.454 e. The van der Waals surface area contributed by atoms with Gasteiger partial charge in [0.2, 0.25) is 6.79 Å². The van der Waals surface area contributed by atoms with E-state index in [4.69, 9.17) is 9.47 Å². The number of fused-ring (bicyclic) bond motifs is 1. The zero-order chi connectivity index (χ0) is 15.6. The molecule has 4 heteroatoms. The van der Waals surface area contributed by atoms with Crippen molar-refractivity contribution < 1.29 is 9.47 Å². The van der Waals surface area contributed by atoms with Crippen LogP contribution in [0.3, 0.4) is 0 Å². The van der Waals surface area contributed by atoms with Crippen molar-refractivity contribution in [2.75, 3.05) is 33.0 Å². The zero-order valence-electron chi connectivity index (χ0n) is 14.2. The predicted molar refractivity (Wildman–Crippen MR) is 90.8 cm³/mol. The topological polar surface area (TPSA) is 24.9 Å². The van der Waals surface area contributed by atoms with Crippen molar-refractivity contribution >= 4 is 0 Å². The summed E-state index contributed by atoms with van der Waals surface area (Å²) < 4.78 is 10.9. The van der Waals surface area contributed by atoms with Crippen molar-refractivity contribution in [1.82, 2.24) is 9.80 Å². The molecule has 1 aromatic carbocycles. The lowest BCUT2D eigenvalue weighted by Crippen LogP contribution is -2.50. The van der Waals surface area contributed by atoms with Gasteiger partial charge in [-0.05, 0) is 36.5 Å². The molecule has 2 unspecified atom stereocenters. The average Bonchev–Trinajstić information content (AvgIpc) is 3.03. The average molecular weight is 316 g/mol. The maximum atomic E-state index is 5.49. The van der Waals surface area contributed by atoms with E-state index in [-0.39, 0.29) is 0 Å². The second kappa shape index (κ2) is 6.70. The summed E-state index contributed by atoms with van der Waals surface area (Å²) in [5.41, 5.74) is 1.33. The molecule has 1 saturated carbocycles. The standard InChI is InChI=1S/C19H28N2O2/c1-15-3-2-4-17(11-15)21-9-7-20(8-10-21)13-16-5-6-18-19(12-16)23-14-22-18/h5-6,12,15,17H,2-4,7-11,13-14H2,1H3. The molecule has 1 saturated heterocycles. The molecule has 0 radical (unpaired) electrons. The first-order chi connectivity index (χ1) is 11.3. The Labute approximate surface area is 139 Å². The monoisotopic (exact) mass is 316 g/mol. The highest BCUT2D eigenvalue weighted by Crippen LogP contribution is 2.33. The Morgan fingerprint density at radius 3 is 2.70 bits per heavy atom. The van der Waals surface area contributed by atoms with Gasteiger partial charge in [-0.25, -0.2) is 0 Å². The third-order valence-corrected chi connectivity index (χ3v) is 5.68. The lowest BCUT2D eigenvalue weighted by molar-refractivity contribution is 0.0659. The molecule has 0 N–H and O–H groups in total. The number of hydrogen-bond donors (Lipinski definition) is 0. The fourth-order valence-electron chi connectivity index (χ4n) is 4.32. The van der Waals surface area contributed by atoms with E-state index in [1.165, 1.54) is 57.4 Å². The van der Waals surface area contributed by atoms with Crippen LogP contribution in [-0.4, -0.2) is 48.8 Å². The van der Waals surface area contributed by atoms with Gasteiger partial charge in [-0.15, -0.1) is 0 Å². The van der Waals surface area contributed by atoms with E-state index in [1.54, 1.807) is 0 Å². The minimum Gasteiger partial charge on any atom is -0.454 e. The van der Waals surface area contributed by atoms with Crippen molar-refractivity contribution in [3.63, 3.8) is 0 Å². The lowest BCUT2D eigenvalue weighted by Gasteiger charge is -2.42. The summed E-state index contributed by atoms with van der Waals surface area (Å²) in [7, 11) is 0. The summed E-state index contributed by atoms with van der Waals surface area (Å²) in [5, 5.41) is 0. The number of nitrogens with zero attached hydrogens (tertiary/aromatic N) is 2. The van der Waals surface area contributed by atoms with Gasteiger partial charge in [0.25, 0.3) is 0 Å². The first kappa shape index (κ1) is 15.3. The van der Waals surface area contributed by atoms with Gasteiger partial charge in [-0.1, -0.05) is 25.8 Å². The highest BCUT2D eigenvalue weighted by molar-refractivity contribution is 5.44. The van der Waals surface area contributed by atoms with Gasteiger partial charge in [0, 0.05) is 38.8 Å². The molecule has 2 aliphatic heterocycles. The summed E-state index contributed by atoms with van der Waals surface area (Å²) in [6.07, 6.45) is 5.67. The Bertz CT molecular complexity index is 540. The Hall–Kier alpha value is -1.26. The minimum atomic E-state index is 0.358. The van der Waals surface area contributed by atoms with E-state index in [0.717, 1.165) is 30.0 Å². The van der Waals surface area contributed by atoms with Crippen molar-refractivity contribution in [3.05, 3.63) is 23.8 Å². The summed E-state index contributed by atoms with van der Waals surface area (Å²) in [6.45, 7) is 8.60. The number of ether oxygens (including phenoxy) is 2. The first-order valence-electron chi connectivity index (χ1n) is 9.13. The third-order valence-electron chi connectivity index (χ3n) is 5.68. The van der Waals surface area contributed by atoms with E-state index in [9.17, 15) is 0 Å². The summed E-state index contributed by atoms with van der Waals surface area (Å²) in [4.78, 5) is 5.31. The smallest absolute Gasteiger partial charge is 0.231 e. The summed E-state index contributed by atoms with van der Waals surface area (Å²) >= 11 is 0. The molecule has 2 fully saturated rings. The number of piperazine rings is 1. The van der Waals surface area contributed by atoms with Crippen LogP contribution < -0.4 is 9.47 Å². The molecule has 23 heavy (non-hydrogen) atoms. The fourth-order valence-corrected chi connectivity index (χ4v) is 4.32. The van der Waals surface area contributed by atoms with Gasteiger partial charge in [-0.2, -0.15) is 0 Å². The number of hydrogen-bond acceptors (Lipinski definition) is 4. The van der Waals surface area contributed by atoms with Crippen molar-refractivity contribution in [2.24, 2.45) is 5.92 Å². The van der Waals surface area contributed by atoms with E-state index in [1.807, 2.05) is 6.07 Å². The highest BCUT2D eigenvalue weighted by Gasteiger charge is 2.27. The van der Waals surface area contributed by atoms with Crippen molar-refractivity contribution in [2.45, 2.75) is 45.2 Å². The Morgan fingerprint density at radius 1 is 1.04 bits per heavy atom. The van der Waals surface area contributed by atoms with Gasteiger partial charge in [0.05, 0.1) is 0 Å². The van der Waals surface area contributed by atoms with E-state index in [0.29, 0.717) is 6.79 Å². The molecular formula is C19H28N2O2. The van der Waals surface area contributed by atoms with Gasteiger partial charge >= 0.3 is 0 Å². The quantitative estimate of drug-likeness (QED) is 0.855. The molecule has 2 atom stereocenters. The molecule has 0 amide bonds. The van der Waals surface area contributed by atoms with Crippen LogP contribution in [0.15, 0.2) is 18.2 Å². The molecule has 126 valence electrons. The van der Waals surface area contributed by atoms with Crippen LogP contribution in [0.1, 0.15) is 38.2 Å². The molecule has 1 aromatic rings. The Balaban J connectivity index is 1.30. The summed E-state index contributed by atoms with van der Waals surface area (Å²) in [6, 6.07) is 7.18. The molecule has 0 bridgehead atoms. The van der Waals surface area contributed by atoms with E-state index < -0.39 is 0 Å². The van der Waals surface area contributed by atoms with Crippen LogP contribution in [0.5, 0.6) is 11.5 Å². The minimum absolute atomic E-state index is 0.358. The number of rotatable bonds is 3. The molecule has 3 aliphatic rings. The van der Waals surface area contributed by atoms with Crippen molar-refractivity contribution in [3.8, 4) is 11.5 Å². The second-order valence-electron chi connectivity index (χ2n) is 7.43. The van der Waals surface area contributed by atoms with Crippen LogP contribution in [-0.2, 0) is 6.54 Å². The molecule has 4 rings (SSSR count). The first-order valence-corrected chi connectivity index (χ1v) is 9.13. The Kier molecular flexibility index (Phi) is 4.45. The molecule has 1 aliphatic carbocycles. The van der Waals surface area contributed by atoms with Crippen molar-refractivity contribution in [1.29, 1.82) is 0 Å². The maximum Gasteiger partial charge on any atom is 0.231 e. The third kappa shape index (κ3) is 3.48. The van der Waals surface area contributed by atoms with Crippen LogP contribution >= 0.6 is 0 Å². The van der Waals surface area contributed by atoms with Gasteiger partial charge in [-0.3, -0.25) is 9.80 Å². The van der Waals surface area contributed by atoms with Crippen LogP contribution in [0.25, 0.3) is 0 Å². The van der Waals surface area contributed by atoms with E-state index in [2.05, 4.69) is 28.9 Å². The second-order valence-corrected chi connectivity index (χ2v) is 7.43. The van der Waals surface area contributed by atoms with Crippen LogP contribution in [0, 0.1) is 5.92 Å². The fraction of sp³-hybridized carbons (Fsp3) is 0.684. The van der Waals surface area contributed by atoms with Gasteiger partial charge in [0.15, 0.2) is 11.5 Å². The van der Waals surface area contributed by atoms with Crippen LogP contribution in [0.4, 0.5) is 0 Å². The van der Waals surface area contributed by atoms with Gasteiger partial charge in [0.1, 0.15) is 0 Å². The predicted octanol–water partition coefficient (Wildman–Crippen LogP) is 3.11. The Morgan fingerprint density at radius 2 is 1.87 bits per heavy atom. The normalized spacial score (nSPS) is 28.9. The number of benzene rings is 1. The lowest BCUT2D eigenvalue weighted by atomic mass is 9.86. The summed E-state index contributed by atoms with van der Waals surface area (Å²) in [5.74, 6) is 2.70. The zero-order valence-corrected chi connectivity index (χ0v) is 14.2. The van der Waals surface area contributed by atoms with Crippen LogP contribution in [0.2, 0.25) is 0 Å². The van der Waals surface area contributed by atoms with E-state index >= 15 is 0 Å². The molecule has 0 spiro atoms. The highest BCUT2D eigenvalue weighted by atomic mass is 16.7. The van der Waals surface area contributed by atoms with Gasteiger partial charge < -0.3 is 9.47 Å². The molecule has 2 heterocycles.